The van der Waals surface area contributed by atoms with Crippen molar-refractivity contribution in [2.45, 2.75) is 106 Å². The molecule has 2 aromatic heterocycles. The highest BCUT2D eigenvalue weighted by Gasteiger charge is 2.35. The number of amides is 1. The number of para-hydroxylation sites is 1. The van der Waals surface area contributed by atoms with Gasteiger partial charge in [0.25, 0.3) is 5.56 Å². The van der Waals surface area contributed by atoms with Crippen LogP contribution in [0, 0.1) is 6.92 Å². The van der Waals surface area contributed by atoms with Gasteiger partial charge in [-0.15, -0.1) is 11.6 Å². The highest BCUT2D eigenvalue weighted by atomic mass is 35.5. The number of anilines is 3. The van der Waals surface area contributed by atoms with Crippen LogP contribution in [0.4, 0.5) is 30.8 Å². The number of aromatic nitrogens is 5. The Morgan fingerprint density at radius 2 is 1.52 bits per heavy atom. The van der Waals surface area contributed by atoms with E-state index in [0.29, 0.717) is 61.7 Å². The van der Waals surface area contributed by atoms with Crippen molar-refractivity contribution in [3.8, 4) is 17.2 Å². The van der Waals surface area contributed by atoms with Crippen LogP contribution < -0.4 is 46.5 Å². The van der Waals surface area contributed by atoms with Crippen LogP contribution in [0.25, 0.3) is 5.69 Å². The number of hydrogen-bond acceptors (Lipinski definition) is 17. The van der Waals surface area contributed by atoms with Gasteiger partial charge in [-0.1, -0.05) is 44.2 Å². The van der Waals surface area contributed by atoms with E-state index in [9.17, 15) is 46.6 Å². The minimum atomic E-state index is -4.84. The second kappa shape index (κ2) is 36.6. The summed E-state index contributed by atoms with van der Waals surface area (Å²) in [6.07, 6.45) is 1.84. The molecule has 84 heavy (non-hydrogen) atoms. The number of nitrogens with one attached hydrogen (secondary N) is 3. The van der Waals surface area contributed by atoms with Crippen molar-refractivity contribution < 1.29 is 66.0 Å². The minimum absolute atomic E-state index is 0.0223. The van der Waals surface area contributed by atoms with Gasteiger partial charge in [-0.05, 0) is 131 Å². The van der Waals surface area contributed by atoms with Gasteiger partial charge in [-0.2, -0.15) is 28.1 Å². The number of esters is 1. The number of alkyl halides is 4. The molecule has 0 radical (unpaired) electrons. The van der Waals surface area contributed by atoms with E-state index in [1.165, 1.54) is 31.4 Å². The van der Waals surface area contributed by atoms with Crippen molar-refractivity contribution in [3.05, 3.63) is 121 Å². The quantitative estimate of drug-likeness (QED) is 0.0204. The fourth-order valence-electron chi connectivity index (χ4n) is 7.04. The normalized spacial score (nSPS) is 12.4. The topological polar surface area (TPSA) is 291 Å². The average molecular weight is 1270 g/mol. The standard InChI is InChI=1S/C25H25F3N2O6.C15H22ClNO2.C9H16ClN5.C3H8NO5P.C3H9S/c1-5-16-6-7-17(20(12-16)36-15(2)23(32)34-4)14-35-19-10-8-18(9-11-19)30-22(31)13-21(25(26,27)28)29(3)24(30)33;1-5-13-8-6-7-11(2)15(13)17(14(18)9-16)12(3)10-19-4;1-5-11-7-12-6(10)13-8(14-7)15-9(2,3)4;5-3(6)1-4-2-10(7,8)9;1-4(2)3/h6-13,15H,5,14H2,1-4H3;6-8,12H,5,9-10H2,1-4H3;5H2,1-4H3,(H2,11,12,13,14,15);4H,1-2H2,(H,5,6)(H2,7,8,9);1-3H3/q;;;;+1/p-1. The Kier molecular flexibility index (Phi) is 33.0. The van der Waals surface area contributed by atoms with Gasteiger partial charge in [0.1, 0.15) is 37.3 Å². The van der Waals surface area contributed by atoms with Crippen molar-refractivity contribution in [2.75, 3.05) is 80.4 Å². The zero-order chi connectivity index (χ0) is 64.3. The average Bonchev–Trinajstić information content (AvgIpc) is 2.06. The molecule has 0 saturated heterocycles. The molecule has 0 aliphatic heterocycles. The number of ether oxygens (including phenoxy) is 4. The molecule has 0 bridgehead atoms. The molecule has 5 aromatic rings. The van der Waals surface area contributed by atoms with Crippen LogP contribution >= 0.6 is 30.8 Å². The lowest BCUT2D eigenvalue weighted by atomic mass is 10.0. The summed E-state index contributed by atoms with van der Waals surface area (Å²) in [6, 6.07) is 17.7. The number of aryl methyl sites for hydroxylation is 3. The molecule has 3 atom stereocenters. The monoisotopic (exact) mass is 1260 g/mol. The Morgan fingerprint density at radius 3 is 2.02 bits per heavy atom. The number of aliphatic carboxylic acids is 1. The maximum atomic E-state index is 13.1. The van der Waals surface area contributed by atoms with Crippen LogP contribution in [0.2, 0.25) is 5.28 Å². The molecule has 1 amide bonds. The molecule has 22 nitrogen and oxygen atoms in total. The third kappa shape index (κ3) is 27.6. The molecular weight excluding hydrogens is 1190 g/mol. The minimum Gasteiger partial charge on any atom is -0.778 e. The summed E-state index contributed by atoms with van der Waals surface area (Å²) >= 11 is 11.5. The molecule has 3 unspecified atom stereocenters. The van der Waals surface area contributed by atoms with Gasteiger partial charge in [0, 0.05) is 37.9 Å². The van der Waals surface area contributed by atoms with Crippen LogP contribution in [0.1, 0.15) is 83.3 Å². The molecule has 0 aliphatic carbocycles. The lowest BCUT2D eigenvalue weighted by Gasteiger charge is -2.31. The maximum absolute atomic E-state index is 13.1. The van der Waals surface area contributed by atoms with Crippen LogP contribution in [-0.4, -0.2) is 134 Å². The number of benzene rings is 3. The molecule has 0 saturated carbocycles. The summed E-state index contributed by atoms with van der Waals surface area (Å²) in [6.45, 7) is 18.5. The molecular formula is C55H79Cl2F3N9O13PS. The number of carbonyl (C=O) groups excluding carboxylic acids is 2. The van der Waals surface area contributed by atoms with E-state index in [1.54, 1.807) is 18.9 Å². The van der Waals surface area contributed by atoms with Gasteiger partial charge in [-0.25, -0.2) is 14.2 Å². The third-order valence-corrected chi connectivity index (χ3v) is 11.7. The first-order valence-electron chi connectivity index (χ1n) is 25.9. The summed E-state index contributed by atoms with van der Waals surface area (Å²) < 4.78 is 71.6. The molecule has 5 N–H and O–H groups in total. The largest absolute Gasteiger partial charge is 0.778 e. The molecule has 0 aliphatic rings. The SMILES string of the molecule is CCNc1nc(Cl)nc(NC(C)(C)C)n1.CCc1ccc(COc2ccc(-n3c(=O)cc(C(F)(F)F)n(C)c3=O)cc2)c(OC(C)C(=O)OC)c1.CCc1cccc(C)c1N(C(=O)CCl)C(C)COC.C[S+](C)C.O=C(O)CNCP(=O)([O-])O. The second-order valence-electron chi connectivity index (χ2n) is 19.5. The third-order valence-electron chi connectivity index (χ3n) is 10.7. The van der Waals surface area contributed by atoms with Crippen molar-refractivity contribution in [1.29, 1.82) is 0 Å². The first-order valence-corrected chi connectivity index (χ1v) is 31.0. The second-order valence-corrected chi connectivity index (χ2v) is 24.2. The van der Waals surface area contributed by atoms with Crippen molar-refractivity contribution in [2.24, 2.45) is 7.05 Å². The van der Waals surface area contributed by atoms with E-state index in [0.717, 1.165) is 48.8 Å². The molecule has 3 aromatic carbocycles. The molecule has 29 heteroatoms. The van der Waals surface area contributed by atoms with Crippen LogP contribution in [0.15, 0.2) is 76.3 Å². The smallest absolute Gasteiger partial charge is 0.431 e. The summed E-state index contributed by atoms with van der Waals surface area (Å²) in [5, 5.41) is 16.3. The number of nitrogens with zero attached hydrogens (tertiary/aromatic N) is 6. The Balaban J connectivity index is 0.000000613. The summed E-state index contributed by atoms with van der Waals surface area (Å²) in [4.78, 5) is 90.3. The number of halogens is 5. The predicted octanol–water partition coefficient (Wildman–Crippen LogP) is 7.63. The summed E-state index contributed by atoms with van der Waals surface area (Å²) in [5.41, 5.74) is 1.31. The van der Waals surface area contributed by atoms with Gasteiger partial charge in [0.15, 0.2) is 6.10 Å². The Morgan fingerprint density at radius 1 is 0.917 bits per heavy atom. The van der Waals surface area contributed by atoms with E-state index >= 15 is 0 Å². The number of rotatable bonds is 21. The summed E-state index contributed by atoms with van der Waals surface area (Å²) in [7, 11) is 0.148. The Bertz CT molecular complexity index is 3050. The maximum Gasteiger partial charge on any atom is 0.431 e. The number of carbonyl (C=O) groups is 3. The molecule has 468 valence electrons. The Labute approximate surface area is 501 Å². The fourth-order valence-corrected chi connectivity index (χ4v) is 7.73. The predicted molar refractivity (Wildman–Crippen MR) is 322 cm³/mol. The number of hydrogen-bond donors (Lipinski definition) is 5. The lowest BCUT2D eigenvalue weighted by Crippen LogP contribution is -2.43. The molecule has 5 rings (SSSR count). The van der Waals surface area contributed by atoms with E-state index in [1.807, 2.05) is 84.1 Å². The van der Waals surface area contributed by atoms with Gasteiger partial charge >= 0.3 is 23.8 Å². The van der Waals surface area contributed by atoms with E-state index in [-0.39, 0.29) is 40.9 Å². The summed E-state index contributed by atoms with van der Waals surface area (Å²) in [5.74, 6) is 0.00654. The van der Waals surface area contributed by atoms with E-state index < -0.39 is 61.6 Å². The van der Waals surface area contributed by atoms with Crippen molar-refractivity contribution in [3.63, 3.8) is 0 Å². The zero-order valence-electron chi connectivity index (χ0n) is 50.0. The number of carboxylic acids is 1. The Hall–Kier alpha value is -6.25. The molecule has 0 fully saturated rings. The van der Waals surface area contributed by atoms with Crippen LogP contribution in [0.3, 0.4) is 0 Å². The van der Waals surface area contributed by atoms with Gasteiger partial charge in [0.2, 0.25) is 23.1 Å². The van der Waals surface area contributed by atoms with Gasteiger partial charge in [-0.3, -0.25) is 24.3 Å². The van der Waals surface area contributed by atoms with Crippen LogP contribution in [-0.2, 0) is 72.0 Å². The molecule has 2 heterocycles. The number of carboxylic acid groups (broad SMARTS) is 1. The zero-order valence-corrected chi connectivity index (χ0v) is 53.2. The van der Waals surface area contributed by atoms with E-state index in [4.69, 9.17) is 52.1 Å². The van der Waals surface area contributed by atoms with Crippen molar-refractivity contribution >= 4 is 77.1 Å². The molecule has 0 spiro atoms. The van der Waals surface area contributed by atoms with Gasteiger partial charge < -0.3 is 53.9 Å². The van der Waals surface area contributed by atoms with E-state index in [2.05, 4.69) is 57.3 Å². The van der Waals surface area contributed by atoms with Gasteiger partial charge in [0.05, 0.1) is 62.7 Å². The lowest BCUT2D eigenvalue weighted by molar-refractivity contribution is -0.193. The highest BCUT2D eigenvalue weighted by Crippen LogP contribution is 2.30. The fraction of sp³-hybridized carbons (Fsp3) is 0.491. The first kappa shape index (κ1) is 75.8. The number of methoxy groups -OCH3 is 2. The first-order chi connectivity index (χ1) is 39.1. The van der Waals surface area contributed by atoms with Crippen molar-refractivity contribution in [1.82, 2.24) is 29.4 Å². The van der Waals surface area contributed by atoms with Crippen LogP contribution in [0.5, 0.6) is 11.5 Å². The highest BCUT2D eigenvalue weighted by molar-refractivity contribution is 7.94.